The Bertz CT molecular complexity index is 2500. The smallest absolute Gasteiger partial charge is 0.656 e. The summed E-state index contributed by atoms with van der Waals surface area (Å²) in [5.41, 5.74) is 4.93. The van der Waals surface area contributed by atoms with Gasteiger partial charge in [-0.05, 0) is 61.4 Å². The summed E-state index contributed by atoms with van der Waals surface area (Å²) >= 11 is 0. The van der Waals surface area contributed by atoms with Gasteiger partial charge >= 0.3 is 19.5 Å². The van der Waals surface area contributed by atoms with Crippen molar-refractivity contribution in [2.45, 2.75) is 0 Å². The summed E-state index contributed by atoms with van der Waals surface area (Å²) in [5, 5.41) is 9.13. The molecule has 0 atom stereocenters. The molecule has 0 fully saturated rings. The Morgan fingerprint density at radius 3 is 2.09 bits per heavy atom. The summed E-state index contributed by atoms with van der Waals surface area (Å²) in [6.07, 6.45) is 5.40. The van der Waals surface area contributed by atoms with Crippen LogP contribution in [0.4, 0.5) is 5.82 Å². The second kappa shape index (κ2) is 12.3. The van der Waals surface area contributed by atoms with Crippen molar-refractivity contribution in [3.8, 4) is 11.3 Å². The zero-order valence-electron chi connectivity index (χ0n) is 24.4. The Kier molecular flexibility index (Phi) is 7.73. The molecule has 0 aliphatic rings. The van der Waals surface area contributed by atoms with E-state index < -0.39 is 0 Å². The fraction of sp³-hybridized carbons (Fsp3) is 0. The molecule has 0 bridgehead atoms. The van der Waals surface area contributed by atoms with E-state index in [2.05, 4.69) is 86.7 Å². The number of rotatable bonds is 2. The SMILES string of the molecule is [Zn+2].c1ccc(-c2cccc3ccc4c5ccccc5[n-]c4c23)nc1.c1ccc2c(N=c3[n-]ccc4ccccc34)nccc2c1. The third-order valence-corrected chi connectivity index (χ3v) is 7.90. The van der Waals surface area contributed by atoms with E-state index in [1.807, 2.05) is 72.9 Å². The van der Waals surface area contributed by atoms with Crippen molar-refractivity contribution in [3.63, 3.8) is 0 Å². The van der Waals surface area contributed by atoms with Gasteiger partial charge in [0, 0.05) is 23.3 Å². The number of benzene rings is 5. The van der Waals surface area contributed by atoms with E-state index in [1.54, 1.807) is 12.4 Å². The average Bonchev–Trinajstić information content (AvgIpc) is 3.48. The van der Waals surface area contributed by atoms with Crippen molar-refractivity contribution in [1.82, 2.24) is 19.9 Å². The van der Waals surface area contributed by atoms with Crippen LogP contribution < -0.4 is 15.5 Å². The van der Waals surface area contributed by atoms with Gasteiger partial charge < -0.3 is 15.0 Å². The minimum atomic E-state index is 0. The molecule has 0 N–H and O–H groups in total. The van der Waals surface area contributed by atoms with E-state index >= 15 is 0 Å². The van der Waals surface area contributed by atoms with Gasteiger partial charge in [0.2, 0.25) is 0 Å². The molecular formula is C39H25N5Zn. The third-order valence-electron chi connectivity index (χ3n) is 7.90. The summed E-state index contributed by atoms with van der Waals surface area (Å²) in [5.74, 6) is 0.706. The molecule has 5 aromatic carbocycles. The number of hydrogen-bond acceptors (Lipinski definition) is 3. The number of fused-ring (bicyclic) bond motifs is 7. The van der Waals surface area contributed by atoms with Crippen molar-refractivity contribution < 1.29 is 19.5 Å². The van der Waals surface area contributed by atoms with Gasteiger partial charge in [-0.3, -0.25) is 9.97 Å². The summed E-state index contributed by atoms with van der Waals surface area (Å²) in [7, 11) is 0. The van der Waals surface area contributed by atoms with Gasteiger partial charge in [0.15, 0.2) is 0 Å². The molecule has 6 heteroatoms. The Morgan fingerprint density at radius 1 is 0.511 bits per heavy atom. The monoisotopic (exact) mass is 627 g/mol. The zero-order chi connectivity index (χ0) is 29.3. The normalized spacial score (nSPS) is 11.5. The van der Waals surface area contributed by atoms with Crippen LogP contribution >= 0.6 is 0 Å². The van der Waals surface area contributed by atoms with Crippen LogP contribution in [0.2, 0.25) is 0 Å². The van der Waals surface area contributed by atoms with Crippen LogP contribution in [-0.4, -0.2) is 9.97 Å². The molecule has 0 amide bonds. The molecule has 0 saturated carbocycles. The first-order chi connectivity index (χ1) is 21.8. The minimum Gasteiger partial charge on any atom is -0.656 e. The van der Waals surface area contributed by atoms with Crippen LogP contribution in [0.15, 0.2) is 157 Å². The van der Waals surface area contributed by atoms with Crippen molar-refractivity contribution in [2.24, 2.45) is 4.99 Å². The van der Waals surface area contributed by atoms with Gasteiger partial charge in [-0.25, -0.2) is 0 Å². The van der Waals surface area contributed by atoms with Crippen LogP contribution in [0.1, 0.15) is 0 Å². The van der Waals surface area contributed by atoms with Crippen LogP contribution in [0, 0.1) is 0 Å². The quantitative estimate of drug-likeness (QED) is 0.180. The number of hydrogen-bond donors (Lipinski definition) is 0. The Balaban J connectivity index is 0.000000142. The number of pyridine rings is 3. The second-order valence-corrected chi connectivity index (χ2v) is 10.5. The summed E-state index contributed by atoms with van der Waals surface area (Å²) in [6.45, 7) is 0. The largest absolute Gasteiger partial charge is 2.00 e. The maximum Gasteiger partial charge on any atom is 2.00 e. The molecule has 5 nitrogen and oxygen atoms in total. The number of nitrogens with zero attached hydrogens (tertiary/aromatic N) is 5. The molecule has 4 heterocycles. The predicted octanol–water partition coefficient (Wildman–Crippen LogP) is 8.74. The fourth-order valence-electron chi connectivity index (χ4n) is 5.83. The van der Waals surface area contributed by atoms with Crippen LogP contribution in [-0.2, 0) is 19.5 Å². The molecular weight excluding hydrogens is 604 g/mol. The third kappa shape index (κ3) is 5.30. The molecule has 0 saturated heterocycles. The maximum absolute atomic E-state index is 4.90. The van der Waals surface area contributed by atoms with Crippen molar-refractivity contribution in [2.75, 3.05) is 0 Å². The van der Waals surface area contributed by atoms with E-state index in [9.17, 15) is 0 Å². The van der Waals surface area contributed by atoms with E-state index in [0.717, 1.165) is 43.8 Å². The Morgan fingerprint density at radius 2 is 1.24 bits per heavy atom. The first kappa shape index (κ1) is 28.3. The second-order valence-electron chi connectivity index (χ2n) is 10.5. The van der Waals surface area contributed by atoms with E-state index in [1.165, 1.54) is 21.5 Å². The molecule has 9 rings (SSSR count). The van der Waals surface area contributed by atoms with Crippen molar-refractivity contribution >= 4 is 59.9 Å². The van der Waals surface area contributed by atoms with E-state index in [-0.39, 0.29) is 19.5 Å². The maximum atomic E-state index is 4.90. The average molecular weight is 629 g/mol. The van der Waals surface area contributed by atoms with Crippen LogP contribution in [0.3, 0.4) is 0 Å². The molecule has 0 aliphatic carbocycles. The molecule has 0 aliphatic heterocycles. The number of aromatic nitrogens is 4. The predicted molar refractivity (Wildman–Crippen MR) is 180 cm³/mol. The van der Waals surface area contributed by atoms with Gasteiger partial charge in [-0.1, -0.05) is 121 Å². The van der Waals surface area contributed by atoms with Crippen molar-refractivity contribution in [3.05, 3.63) is 158 Å². The van der Waals surface area contributed by atoms with Gasteiger partial charge in [-0.2, -0.15) is 0 Å². The molecule has 208 valence electrons. The molecule has 9 aromatic rings. The topological polar surface area (TPSA) is 66.3 Å². The fourth-order valence-corrected chi connectivity index (χ4v) is 5.83. The van der Waals surface area contributed by atoms with Gasteiger partial charge in [0.05, 0.1) is 11.5 Å². The first-order valence-corrected chi connectivity index (χ1v) is 14.5. The molecule has 0 unspecified atom stereocenters. The molecule has 45 heavy (non-hydrogen) atoms. The van der Waals surface area contributed by atoms with Crippen LogP contribution in [0.25, 0.3) is 65.4 Å². The van der Waals surface area contributed by atoms with E-state index in [0.29, 0.717) is 11.3 Å². The van der Waals surface area contributed by atoms with Crippen LogP contribution in [0.5, 0.6) is 0 Å². The van der Waals surface area contributed by atoms with E-state index in [4.69, 9.17) is 4.98 Å². The summed E-state index contributed by atoms with van der Waals surface area (Å²) < 4.78 is 0. The first-order valence-electron chi connectivity index (χ1n) is 14.5. The van der Waals surface area contributed by atoms with Gasteiger partial charge in [0.1, 0.15) is 0 Å². The Labute approximate surface area is 272 Å². The Hall–Kier alpha value is -5.45. The summed E-state index contributed by atoms with van der Waals surface area (Å²) in [6, 6.07) is 45.3. The number of para-hydroxylation sites is 1. The minimum absolute atomic E-state index is 0. The molecule has 0 spiro atoms. The van der Waals surface area contributed by atoms with Gasteiger partial charge in [-0.15, -0.1) is 11.0 Å². The van der Waals surface area contributed by atoms with Crippen molar-refractivity contribution in [1.29, 1.82) is 0 Å². The summed E-state index contributed by atoms with van der Waals surface area (Å²) in [4.78, 5) is 22.9. The molecule has 4 aromatic heterocycles. The molecule has 0 radical (unpaired) electrons. The zero-order valence-corrected chi connectivity index (χ0v) is 27.3. The van der Waals surface area contributed by atoms with Gasteiger partial charge in [0.25, 0.3) is 0 Å². The standard InChI is InChI=1S/C21H13N2.C18H12N3.Zn/c1-2-10-19-15(7-1)16-12-11-14-6-5-8-17(20(14)21(16)23-19)18-9-3-4-13-22-18;1-3-7-15-13(5-1)9-11-19-17(15)21-18-16-8-4-2-6-14(16)10-12-20-18;/h1-13H;1-12H;/q2*-1;+2.